The first-order chi connectivity index (χ1) is 4.65. The van der Waals surface area contributed by atoms with E-state index in [0.29, 0.717) is 11.7 Å². The molecular weight excluding hydrogens is 126 g/mol. The predicted octanol–water partition coefficient (Wildman–Crippen LogP) is 1.06. The Morgan fingerprint density at radius 1 is 1.70 bits per heavy atom. The molecule has 0 N–H and O–H groups in total. The average molecular weight is 137 g/mol. The van der Waals surface area contributed by atoms with Gasteiger partial charge in [0.05, 0.1) is 5.41 Å². The lowest BCUT2D eigenvalue weighted by Gasteiger charge is -2.39. The summed E-state index contributed by atoms with van der Waals surface area (Å²) in [5.41, 5.74) is 0.911. The minimum absolute atomic E-state index is 0.139. The van der Waals surface area contributed by atoms with Gasteiger partial charge in [-0.1, -0.05) is 0 Å². The molecule has 0 aromatic rings. The zero-order valence-electron chi connectivity index (χ0n) is 6.35. The Balaban J connectivity index is 2.38. The summed E-state index contributed by atoms with van der Waals surface area (Å²) in [5.74, 6) is 0.927. The van der Waals surface area contributed by atoms with Crippen molar-refractivity contribution in [3.05, 3.63) is 0 Å². The van der Waals surface area contributed by atoms with Gasteiger partial charge in [0.1, 0.15) is 5.78 Å². The molecule has 0 radical (unpaired) electrons. The Morgan fingerprint density at radius 3 is 2.80 bits per heavy atom. The van der Waals surface area contributed by atoms with Crippen LogP contribution in [-0.4, -0.2) is 18.0 Å². The molecule has 1 aliphatic heterocycles. The molecular formula is C8H11NO. The summed E-state index contributed by atoms with van der Waals surface area (Å²) >= 11 is 0. The molecule has 1 saturated carbocycles. The summed E-state index contributed by atoms with van der Waals surface area (Å²) in [5, 5.41) is 0. The largest absolute Gasteiger partial charge is 0.299 e. The van der Waals surface area contributed by atoms with Crippen LogP contribution in [0.4, 0.5) is 0 Å². The van der Waals surface area contributed by atoms with Crippen molar-refractivity contribution in [3.8, 4) is 0 Å². The number of carbonyl (C=O) groups excluding carboxylic acids is 1. The monoisotopic (exact) mass is 137 g/mol. The molecule has 1 aliphatic carbocycles. The molecule has 2 atom stereocenters. The molecule has 0 unspecified atom stereocenters. The van der Waals surface area contributed by atoms with Crippen molar-refractivity contribution in [2.45, 2.75) is 20.3 Å². The second-order valence-corrected chi connectivity index (χ2v) is 3.45. The molecule has 2 aliphatic rings. The summed E-state index contributed by atoms with van der Waals surface area (Å²) in [4.78, 5) is 15.4. The SMILES string of the molecule is CC1=NC[C@@H]2CC(=O)[C@]12C. The maximum atomic E-state index is 11.2. The van der Waals surface area contributed by atoms with E-state index in [2.05, 4.69) is 4.99 Å². The molecule has 0 aromatic heterocycles. The minimum atomic E-state index is -0.139. The van der Waals surface area contributed by atoms with Gasteiger partial charge < -0.3 is 0 Å². The van der Waals surface area contributed by atoms with Crippen LogP contribution in [0.25, 0.3) is 0 Å². The molecule has 54 valence electrons. The molecule has 0 bridgehead atoms. The first kappa shape index (κ1) is 6.08. The van der Waals surface area contributed by atoms with Crippen molar-refractivity contribution in [2.24, 2.45) is 16.3 Å². The highest BCUT2D eigenvalue weighted by molar-refractivity contribution is 6.14. The van der Waals surface area contributed by atoms with Crippen molar-refractivity contribution >= 4 is 11.5 Å². The number of hydrogen-bond donors (Lipinski definition) is 0. The second-order valence-electron chi connectivity index (χ2n) is 3.45. The number of fused-ring (bicyclic) bond motifs is 1. The van der Waals surface area contributed by atoms with Gasteiger partial charge in [0.25, 0.3) is 0 Å². The number of aliphatic imine (C=N–C) groups is 1. The Morgan fingerprint density at radius 2 is 2.40 bits per heavy atom. The molecule has 2 rings (SSSR count). The van der Waals surface area contributed by atoms with Crippen LogP contribution in [0.1, 0.15) is 20.3 Å². The van der Waals surface area contributed by atoms with Gasteiger partial charge in [-0.2, -0.15) is 0 Å². The molecule has 1 fully saturated rings. The fourth-order valence-corrected chi connectivity index (χ4v) is 1.89. The highest BCUT2D eigenvalue weighted by Crippen LogP contribution is 2.47. The first-order valence-electron chi connectivity index (χ1n) is 3.70. The molecule has 2 nitrogen and oxygen atoms in total. The standard InChI is InChI=1S/C8H11NO/c1-5-8(2)6(4-9-5)3-7(8)10/h6H,3-4H2,1-2H3/t6-,8+/m0/s1. The van der Waals surface area contributed by atoms with E-state index in [-0.39, 0.29) is 5.41 Å². The molecule has 0 aromatic carbocycles. The number of rotatable bonds is 0. The summed E-state index contributed by atoms with van der Waals surface area (Å²) in [6.07, 6.45) is 0.761. The summed E-state index contributed by atoms with van der Waals surface area (Å²) < 4.78 is 0. The van der Waals surface area contributed by atoms with Crippen LogP contribution < -0.4 is 0 Å². The van der Waals surface area contributed by atoms with E-state index < -0.39 is 0 Å². The topological polar surface area (TPSA) is 29.4 Å². The summed E-state index contributed by atoms with van der Waals surface area (Å²) in [6.45, 7) is 4.88. The number of carbonyl (C=O) groups is 1. The van der Waals surface area contributed by atoms with Crippen LogP contribution in [-0.2, 0) is 4.79 Å². The molecule has 0 spiro atoms. The molecule has 1 heterocycles. The Bertz CT molecular complexity index is 231. The third kappa shape index (κ3) is 0.425. The van der Waals surface area contributed by atoms with Crippen molar-refractivity contribution in [1.29, 1.82) is 0 Å². The highest BCUT2D eigenvalue weighted by atomic mass is 16.1. The van der Waals surface area contributed by atoms with Gasteiger partial charge >= 0.3 is 0 Å². The number of Topliss-reactive ketones (excluding diaryl/α,β-unsaturated/α-hetero) is 1. The summed E-state index contributed by atoms with van der Waals surface area (Å²) in [6, 6.07) is 0. The van der Waals surface area contributed by atoms with Crippen molar-refractivity contribution < 1.29 is 4.79 Å². The van der Waals surface area contributed by atoms with E-state index in [1.165, 1.54) is 0 Å². The van der Waals surface area contributed by atoms with Gasteiger partial charge in [-0.05, 0) is 13.8 Å². The third-order valence-electron chi connectivity index (χ3n) is 3.13. The number of nitrogens with zero attached hydrogens (tertiary/aromatic N) is 1. The van der Waals surface area contributed by atoms with E-state index >= 15 is 0 Å². The van der Waals surface area contributed by atoms with Gasteiger partial charge in [-0.15, -0.1) is 0 Å². The van der Waals surface area contributed by atoms with E-state index in [4.69, 9.17) is 0 Å². The lowest BCUT2D eigenvalue weighted by Crippen LogP contribution is -2.49. The Labute approximate surface area is 60.3 Å². The molecule has 0 saturated heterocycles. The van der Waals surface area contributed by atoms with Gasteiger partial charge in [-0.25, -0.2) is 0 Å². The van der Waals surface area contributed by atoms with Gasteiger partial charge in [0.2, 0.25) is 0 Å². The zero-order valence-corrected chi connectivity index (χ0v) is 6.35. The smallest absolute Gasteiger partial charge is 0.145 e. The Hall–Kier alpha value is -0.660. The predicted molar refractivity (Wildman–Crippen MR) is 39.2 cm³/mol. The van der Waals surface area contributed by atoms with Crippen LogP contribution in [0.3, 0.4) is 0 Å². The third-order valence-corrected chi connectivity index (χ3v) is 3.13. The minimum Gasteiger partial charge on any atom is -0.299 e. The van der Waals surface area contributed by atoms with Crippen LogP contribution in [0.5, 0.6) is 0 Å². The maximum absolute atomic E-state index is 11.2. The quantitative estimate of drug-likeness (QED) is 0.490. The first-order valence-corrected chi connectivity index (χ1v) is 3.70. The highest BCUT2D eigenvalue weighted by Gasteiger charge is 2.55. The average Bonchev–Trinajstić information content (AvgIpc) is 2.13. The fraction of sp³-hybridized carbons (Fsp3) is 0.750. The van der Waals surface area contributed by atoms with Gasteiger partial charge in [0.15, 0.2) is 0 Å². The lowest BCUT2D eigenvalue weighted by molar-refractivity contribution is -0.136. The zero-order chi connectivity index (χ0) is 7.35. The van der Waals surface area contributed by atoms with Crippen LogP contribution in [0, 0.1) is 11.3 Å². The Kier molecular flexibility index (Phi) is 0.908. The molecule has 10 heavy (non-hydrogen) atoms. The summed E-state index contributed by atoms with van der Waals surface area (Å²) in [7, 11) is 0. The number of ketones is 1. The van der Waals surface area contributed by atoms with E-state index in [1.807, 2.05) is 13.8 Å². The van der Waals surface area contributed by atoms with Crippen molar-refractivity contribution in [3.63, 3.8) is 0 Å². The van der Waals surface area contributed by atoms with Crippen molar-refractivity contribution in [1.82, 2.24) is 0 Å². The van der Waals surface area contributed by atoms with Gasteiger partial charge in [0, 0.05) is 24.6 Å². The lowest BCUT2D eigenvalue weighted by atomic mass is 9.60. The van der Waals surface area contributed by atoms with Crippen LogP contribution in [0.2, 0.25) is 0 Å². The van der Waals surface area contributed by atoms with Crippen LogP contribution >= 0.6 is 0 Å². The maximum Gasteiger partial charge on any atom is 0.145 e. The fourth-order valence-electron chi connectivity index (χ4n) is 1.89. The van der Waals surface area contributed by atoms with E-state index in [0.717, 1.165) is 18.7 Å². The van der Waals surface area contributed by atoms with Crippen molar-refractivity contribution in [2.75, 3.05) is 6.54 Å². The van der Waals surface area contributed by atoms with Gasteiger partial charge in [-0.3, -0.25) is 9.79 Å². The van der Waals surface area contributed by atoms with E-state index in [1.54, 1.807) is 0 Å². The second kappa shape index (κ2) is 1.49. The number of hydrogen-bond acceptors (Lipinski definition) is 2. The molecule has 2 heteroatoms. The molecule has 0 amide bonds. The normalized spacial score (nSPS) is 44.4. The van der Waals surface area contributed by atoms with Crippen LogP contribution in [0.15, 0.2) is 4.99 Å². The van der Waals surface area contributed by atoms with E-state index in [9.17, 15) is 4.79 Å².